The molecule has 1 aromatic rings. The summed E-state index contributed by atoms with van der Waals surface area (Å²) in [5, 5.41) is 8.26. The Hall–Kier alpha value is -2.77. The zero-order valence-corrected chi connectivity index (χ0v) is 16.7. The topological polar surface area (TPSA) is 106 Å². The van der Waals surface area contributed by atoms with Crippen LogP contribution >= 0.6 is 0 Å². The van der Waals surface area contributed by atoms with Gasteiger partial charge in [-0.15, -0.1) is 0 Å². The van der Waals surface area contributed by atoms with Gasteiger partial charge in [0.05, 0.1) is 7.11 Å². The van der Waals surface area contributed by atoms with Crippen LogP contribution in [0.15, 0.2) is 18.2 Å². The molecule has 8 heteroatoms. The standard InChI is InChI=1S/C20H29N3O5/c1-4-22-19(26)20(10-6-5-7-11-20)23-18(25)14-8-9-15(16(12-14)27-3)28-13-17(24)21-2/h8-9,12H,4-7,10-11,13H2,1-3H3,(H,21,24)(H,22,26)(H,23,25). The molecular weight excluding hydrogens is 362 g/mol. The zero-order chi connectivity index (χ0) is 20.6. The van der Waals surface area contributed by atoms with Gasteiger partial charge in [0.1, 0.15) is 5.54 Å². The average Bonchev–Trinajstić information content (AvgIpc) is 2.72. The van der Waals surface area contributed by atoms with Gasteiger partial charge in [-0.1, -0.05) is 19.3 Å². The molecule has 3 amide bonds. The van der Waals surface area contributed by atoms with Gasteiger partial charge in [0, 0.05) is 19.2 Å². The van der Waals surface area contributed by atoms with Crippen molar-refractivity contribution in [1.82, 2.24) is 16.0 Å². The van der Waals surface area contributed by atoms with Crippen LogP contribution in [0.1, 0.15) is 49.4 Å². The van der Waals surface area contributed by atoms with Crippen molar-refractivity contribution in [2.75, 3.05) is 27.3 Å². The molecule has 0 bridgehead atoms. The number of likely N-dealkylation sites (N-methyl/N-ethyl adjacent to an activating group) is 2. The third-order valence-corrected chi connectivity index (χ3v) is 4.90. The molecule has 8 nitrogen and oxygen atoms in total. The maximum Gasteiger partial charge on any atom is 0.257 e. The van der Waals surface area contributed by atoms with Crippen molar-refractivity contribution in [1.29, 1.82) is 0 Å². The maximum atomic E-state index is 12.9. The highest BCUT2D eigenvalue weighted by molar-refractivity contribution is 5.99. The summed E-state index contributed by atoms with van der Waals surface area (Å²) in [6.07, 6.45) is 4.09. The van der Waals surface area contributed by atoms with Crippen molar-refractivity contribution in [3.63, 3.8) is 0 Å². The lowest BCUT2D eigenvalue weighted by Gasteiger charge is -2.36. The van der Waals surface area contributed by atoms with E-state index in [0.29, 0.717) is 36.4 Å². The summed E-state index contributed by atoms with van der Waals surface area (Å²) in [4.78, 5) is 36.9. The molecule has 0 heterocycles. The van der Waals surface area contributed by atoms with E-state index in [9.17, 15) is 14.4 Å². The number of amides is 3. The largest absolute Gasteiger partial charge is 0.493 e. The van der Waals surface area contributed by atoms with E-state index in [1.165, 1.54) is 14.2 Å². The number of hydrogen-bond acceptors (Lipinski definition) is 5. The third kappa shape index (κ3) is 5.15. The first-order valence-corrected chi connectivity index (χ1v) is 9.58. The Balaban J connectivity index is 2.17. The van der Waals surface area contributed by atoms with E-state index in [0.717, 1.165) is 19.3 Å². The lowest BCUT2D eigenvalue weighted by Crippen LogP contribution is -2.59. The second-order valence-electron chi connectivity index (χ2n) is 6.78. The second kappa shape index (κ2) is 9.96. The smallest absolute Gasteiger partial charge is 0.257 e. The first-order valence-electron chi connectivity index (χ1n) is 9.58. The summed E-state index contributed by atoms with van der Waals surface area (Å²) in [6, 6.07) is 4.71. The number of nitrogens with one attached hydrogen (secondary N) is 3. The quantitative estimate of drug-likeness (QED) is 0.621. The fourth-order valence-electron chi connectivity index (χ4n) is 3.33. The number of benzene rings is 1. The Labute approximate surface area is 165 Å². The first kappa shape index (κ1) is 21.5. The zero-order valence-electron chi connectivity index (χ0n) is 16.7. The van der Waals surface area contributed by atoms with Crippen LogP contribution in [0.25, 0.3) is 0 Å². The molecular formula is C20H29N3O5. The van der Waals surface area contributed by atoms with Crippen LogP contribution in [0.4, 0.5) is 0 Å². The van der Waals surface area contributed by atoms with Crippen LogP contribution in [-0.2, 0) is 9.59 Å². The Bertz CT molecular complexity index is 714. The van der Waals surface area contributed by atoms with Gasteiger partial charge in [-0.05, 0) is 38.0 Å². The molecule has 1 aliphatic carbocycles. The molecule has 1 saturated carbocycles. The minimum absolute atomic E-state index is 0.138. The number of rotatable bonds is 8. The summed E-state index contributed by atoms with van der Waals surface area (Å²) in [7, 11) is 2.98. The third-order valence-electron chi connectivity index (χ3n) is 4.90. The summed E-state index contributed by atoms with van der Waals surface area (Å²) in [5.74, 6) is -0.0547. The summed E-state index contributed by atoms with van der Waals surface area (Å²) >= 11 is 0. The van der Waals surface area contributed by atoms with Gasteiger partial charge in [0.15, 0.2) is 18.1 Å². The lowest BCUT2D eigenvalue weighted by atomic mass is 9.80. The van der Waals surface area contributed by atoms with E-state index in [1.807, 2.05) is 6.92 Å². The Kier molecular flexibility index (Phi) is 7.66. The molecule has 0 aliphatic heterocycles. The molecule has 3 N–H and O–H groups in total. The summed E-state index contributed by atoms with van der Waals surface area (Å²) in [6.45, 7) is 2.22. The van der Waals surface area contributed by atoms with E-state index >= 15 is 0 Å². The molecule has 28 heavy (non-hydrogen) atoms. The van der Waals surface area contributed by atoms with Gasteiger partial charge in [0.25, 0.3) is 11.8 Å². The van der Waals surface area contributed by atoms with E-state index in [-0.39, 0.29) is 24.3 Å². The summed E-state index contributed by atoms with van der Waals surface area (Å²) < 4.78 is 10.7. The second-order valence-corrected chi connectivity index (χ2v) is 6.78. The minimum atomic E-state index is -0.882. The van der Waals surface area contributed by atoms with Gasteiger partial charge in [0.2, 0.25) is 5.91 Å². The van der Waals surface area contributed by atoms with Crippen molar-refractivity contribution in [2.24, 2.45) is 0 Å². The van der Waals surface area contributed by atoms with Gasteiger partial charge >= 0.3 is 0 Å². The first-order chi connectivity index (χ1) is 13.5. The van der Waals surface area contributed by atoms with Crippen molar-refractivity contribution in [3.05, 3.63) is 23.8 Å². The van der Waals surface area contributed by atoms with Crippen LogP contribution in [0.2, 0.25) is 0 Å². The number of hydrogen-bond donors (Lipinski definition) is 3. The fourth-order valence-corrected chi connectivity index (χ4v) is 3.33. The average molecular weight is 391 g/mol. The van der Waals surface area contributed by atoms with E-state index in [2.05, 4.69) is 16.0 Å². The molecule has 0 spiro atoms. The molecule has 154 valence electrons. The monoisotopic (exact) mass is 391 g/mol. The number of methoxy groups -OCH3 is 1. The Morgan fingerprint density at radius 3 is 2.43 bits per heavy atom. The van der Waals surface area contributed by atoms with E-state index in [1.54, 1.807) is 18.2 Å². The van der Waals surface area contributed by atoms with Crippen molar-refractivity contribution in [2.45, 2.75) is 44.6 Å². The molecule has 0 saturated heterocycles. The molecule has 0 aromatic heterocycles. The van der Waals surface area contributed by atoms with Crippen LogP contribution in [-0.4, -0.2) is 50.6 Å². The minimum Gasteiger partial charge on any atom is -0.493 e. The molecule has 0 radical (unpaired) electrons. The fraction of sp³-hybridized carbons (Fsp3) is 0.550. The number of carbonyl (C=O) groups is 3. The molecule has 2 rings (SSSR count). The molecule has 0 unspecified atom stereocenters. The van der Waals surface area contributed by atoms with Crippen molar-refractivity contribution >= 4 is 17.7 Å². The Morgan fingerprint density at radius 2 is 1.82 bits per heavy atom. The maximum absolute atomic E-state index is 12.9. The molecule has 1 aliphatic rings. The predicted molar refractivity (Wildman–Crippen MR) is 105 cm³/mol. The SMILES string of the molecule is CCNC(=O)C1(NC(=O)c2ccc(OCC(=O)NC)c(OC)c2)CCCCC1. The number of ether oxygens (including phenoxy) is 2. The van der Waals surface area contributed by atoms with E-state index in [4.69, 9.17) is 9.47 Å². The normalized spacial score (nSPS) is 15.2. The van der Waals surface area contributed by atoms with Crippen LogP contribution in [0.5, 0.6) is 11.5 Å². The van der Waals surface area contributed by atoms with Crippen LogP contribution in [0.3, 0.4) is 0 Å². The molecule has 1 fully saturated rings. The Morgan fingerprint density at radius 1 is 1.11 bits per heavy atom. The van der Waals surface area contributed by atoms with E-state index < -0.39 is 5.54 Å². The van der Waals surface area contributed by atoms with Crippen LogP contribution < -0.4 is 25.4 Å². The van der Waals surface area contributed by atoms with Crippen LogP contribution in [0, 0.1) is 0 Å². The lowest BCUT2D eigenvalue weighted by molar-refractivity contribution is -0.128. The highest BCUT2D eigenvalue weighted by Gasteiger charge is 2.40. The van der Waals surface area contributed by atoms with Gasteiger partial charge in [-0.25, -0.2) is 0 Å². The molecule has 1 aromatic carbocycles. The van der Waals surface area contributed by atoms with Crippen molar-refractivity contribution < 1.29 is 23.9 Å². The van der Waals surface area contributed by atoms with Gasteiger partial charge in [-0.2, -0.15) is 0 Å². The highest BCUT2D eigenvalue weighted by atomic mass is 16.5. The predicted octanol–water partition coefficient (Wildman–Crippen LogP) is 1.39. The molecule has 0 atom stereocenters. The summed E-state index contributed by atoms with van der Waals surface area (Å²) in [5.41, 5.74) is -0.522. The van der Waals surface area contributed by atoms with Crippen molar-refractivity contribution in [3.8, 4) is 11.5 Å². The highest BCUT2D eigenvalue weighted by Crippen LogP contribution is 2.31. The number of carbonyl (C=O) groups excluding carboxylic acids is 3. The van der Waals surface area contributed by atoms with Gasteiger partial charge in [-0.3, -0.25) is 14.4 Å². The van der Waals surface area contributed by atoms with Gasteiger partial charge < -0.3 is 25.4 Å².